The summed E-state index contributed by atoms with van der Waals surface area (Å²) in [4.78, 5) is 20.8. The Labute approximate surface area is 209 Å². The second kappa shape index (κ2) is 9.80. The fourth-order valence-electron chi connectivity index (χ4n) is 4.44. The molecule has 3 heterocycles. The van der Waals surface area contributed by atoms with Crippen LogP contribution in [0.25, 0.3) is 5.65 Å². The number of aromatic nitrogens is 5. The Balaban J connectivity index is 1.32. The molecule has 2 aliphatic rings. The summed E-state index contributed by atoms with van der Waals surface area (Å²) in [6.45, 7) is 2.84. The lowest BCUT2D eigenvalue weighted by Gasteiger charge is -2.18. The van der Waals surface area contributed by atoms with Crippen LogP contribution < -0.4 is 10.6 Å². The van der Waals surface area contributed by atoms with Crippen LogP contribution in [0.5, 0.6) is 0 Å². The molecule has 2 fully saturated rings. The summed E-state index contributed by atoms with van der Waals surface area (Å²) < 4.78 is 63.2. The molecule has 10 nitrogen and oxygen atoms in total. The molecule has 0 aromatic carbocycles. The van der Waals surface area contributed by atoms with Crippen molar-refractivity contribution in [1.29, 1.82) is 0 Å². The molecule has 0 unspecified atom stereocenters. The number of ether oxygens (including phenoxy) is 2. The molecule has 0 bridgehead atoms. The normalized spacial score (nSPS) is 22.1. The first-order chi connectivity index (χ1) is 17.6. The van der Waals surface area contributed by atoms with E-state index in [0.717, 1.165) is 18.5 Å². The van der Waals surface area contributed by atoms with Crippen LogP contribution in [0.3, 0.4) is 0 Å². The van der Waals surface area contributed by atoms with E-state index in [-0.39, 0.29) is 17.7 Å². The second-order valence-electron chi connectivity index (χ2n) is 9.68. The van der Waals surface area contributed by atoms with Crippen molar-refractivity contribution in [2.24, 2.45) is 0 Å². The van der Waals surface area contributed by atoms with Crippen LogP contribution in [0.15, 0.2) is 18.3 Å². The highest BCUT2D eigenvalue weighted by Gasteiger charge is 2.41. The van der Waals surface area contributed by atoms with Crippen molar-refractivity contribution < 1.29 is 31.8 Å². The number of nitrogens with zero attached hydrogens (tertiary/aromatic N) is 4. The number of alkyl halides is 4. The van der Waals surface area contributed by atoms with E-state index < -0.39 is 37.3 Å². The summed E-state index contributed by atoms with van der Waals surface area (Å²) in [6, 6.07) is 3.28. The van der Waals surface area contributed by atoms with Crippen LogP contribution in [0, 0.1) is 0 Å². The first-order valence-electron chi connectivity index (χ1n) is 12.1. The molecule has 0 radical (unpaired) electrons. The molecule has 2 saturated carbocycles. The Bertz CT molecular complexity index is 1270. The highest BCUT2D eigenvalue weighted by atomic mass is 19.4. The third kappa shape index (κ3) is 5.95. The molecule has 14 heteroatoms. The molecule has 1 amide bonds. The van der Waals surface area contributed by atoms with Gasteiger partial charge in [0, 0.05) is 41.9 Å². The van der Waals surface area contributed by atoms with Gasteiger partial charge in [-0.25, -0.2) is 19.2 Å². The van der Waals surface area contributed by atoms with E-state index in [1.54, 1.807) is 26.0 Å². The summed E-state index contributed by atoms with van der Waals surface area (Å²) in [5.41, 5.74) is 1.83. The maximum atomic E-state index is 15.1. The minimum absolute atomic E-state index is 0.0941. The summed E-state index contributed by atoms with van der Waals surface area (Å²) in [7, 11) is 0. The smallest absolute Gasteiger partial charge is 0.443 e. The topological polar surface area (TPSA) is 118 Å². The van der Waals surface area contributed by atoms with Crippen LogP contribution in [-0.2, 0) is 16.1 Å². The van der Waals surface area contributed by atoms with Crippen LogP contribution in [-0.4, -0.2) is 55.3 Å². The van der Waals surface area contributed by atoms with Gasteiger partial charge in [0.25, 0.3) is 0 Å². The Morgan fingerprint density at radius 2 is 2.00 bits per heavy atom. The van der Waals surface area contributed by atoms with Crippen molar-refractivity contribution in [1.82, 2.24) is 29.9 Å². The number of H-pyrrole nitrogens is 1. The van der Waals surface area contributed by atoms with Gasteiger partial charge in [-0.05, 0) is 39.5 Å². The fourth-order valence-corrected chi connectivity index (χ4v) is 4.44. The van der Waals surface area contributed by atoms with E-state index in [1.165, 1.54) is 10.6 Å². The number of nitrogens with one attached hydrogen (secondary N) is 3. The van der Waals surface area contributed by atoms with E-state index >= 15 is 4.39 Å². The van der Waals surface area contributed by atoms with Gasteiger partial charge in [-0.1, -0.05) is 0 Å². The SMILES string of the molecule is CC(C)NC(=O)O[C@@H]1CC[C@H](c2cc(Nc3nc(C4CC4)cc4nc(COC(F)(F)F)cn34)n[nH]2)[C@H]1F. The molecule has 2 aliphatic carbocycles. The average molecular weight is 526 g/mol. The van der Waals surface area contributed by atoms with Crippen molar-refractivity contribution in [2.75, 3.05) is 5.32 Å². The highest BCUT2D eigenvalue weighted by Crippen LogP contribution is 2.41. The average Bonchev–Trinajstić information content (AvgIpc) is 3.25. The predicted octanol–water partition coefficient (Wildman–Crippen LogP) is 4.83. The van der Waals surface area contributed by atoms with E-state index in [9.17, 15) is 18.0 Å². The number of imidazole rings is 1. The molecule has 200 valence electrons. The number of halogens is 4. The number of aromatic amines is 1. The maximum absolute atomic E-state index is 15.1. The molecule has 3 N–H and O–H groups in total. The number of carbonyl (C=O) groups excluding carboxylic acids is 1. The quantitative estimate of drug-likeness (QED) is 0.361. The van der Waals surface area contributed by atoms with E-state index in [2.05, 4.69) is 35.5 Å². The van der Waals surface area contributed by atoms with Gasteiger partial charge in [0.2, 0.25) is 5.95 Å². The summed E-state index contributed by atoms with van der Waals surface area (Å²) >= 11 is 0. The lowest BCUT2D eigenvalue weighted by Crippen LogP contribution is -2.36. The largest absolute Gasteiger partial charge is 0.522 e. The van der Waals surface area contributed by atoms with Crippen molar-refractivity contribution in [3.05, 3.63) is 35.4 Å². The van der Waals surface area contributed by atoms with Crippen LogP contribution in [0.2, 0.25) is 0 Å². The fraction of sp³-hybridized carbons (Fsp3) is 0.565. The highest BCUT2D eigenvalue weighted by molar-refractivity contribution is 5.67. The number of fused-ring (bicyclic) bond motifs is 1. The lowest BCUT2D eigenvalue weighted by atomic mass is 10.0. The number of hydrogen-bond donors (Lipinski definition) is 3. The van der Waals surface area contributed by atoms with Gasteiger partial charge in [-0.2, -0.15) is 5.10 Å². The van der Waals surface area contributed by atoms with Gasteiger partial charge in [0.15, 0.2) is 5.82 Å². The molecule has 3 atom stereocenters. The monoisotopic (exact) mass is 525 g/mol. The van der Waals surface area contributed by atoms with Crippen LogP contribution in [0.1, 0.15) is 68.4 Å². The number of carbonyl (C=O) groups is 1. The van der Waals surface area contributed by atoms with Crippen molar-refractivity contribution in [3.8, 4) is 0 Å². The summed E-state index contributed by atoms with van der Waals surface area (Å²) in [6.07, 6.45) is -3.48. The Morgan fingerprint density at radius 1 is 1.22 bits per heavy atom. The van der Waals surface area contributed by atoms with Gasteiger partial charge in [-0.3, -0.25) is 14.2 Å². The first kappa shape index (κ1) is 25.2. The molecule has 3 aromatic heterocycles. The number of hydrogen-bond acceptors (Lipinski definition) is 7. The third-order valence-corrected chi connectivity index (χ3v) is 6.31. The molecule has 0 spiro atoms. The Hall–Kier alpha value is -3.42. The van der Waals surface area contributed by atoms with Gasteiger partial charge >= 0.3 is 12.5 Å². The van der Waals surface area contributed by atoms with Gasteiger partial charge < -0.3 is 15.4 Å². The van der Waals surface area contributed by atoms with E-state index in [0.29, 0.717) is 35.9 Å². The van der Waals surface area contributed by atoms with Crippen molar-refractivity contribution >= 4 is 23.5 Å². The number of alkyl carbamates (subject to hydrolysis) is 1. The van der Waals surface area contributed by atoms with Crippen LogP contribution >= 0.6 is 0 Å². The molecule has 37 heavy (non-hydrogen) atoms. The van der Waals surface area contributed by atoms with Crippen molar-refractivity contribution in [3.63, 3.8) is 0 Å². The number of amides is 1. The minimum Gasteiger partial charge on any atom is -0.443 e. The standard InChI is InChI=1S/C23H27F4N7O3/c1-11(2)28-22(35)37-17-6-5-14(20(17)24)16-7-18(33-32-16)31-21-30-15(12-3-4-12)8-19-29-13(9-34(19)21)10-36-23(25,26)27/h7-9,11-12,14,17,20H,3-6,10H2,1-2H3,(H,28,35)(H2,30,31,32,33)/t14-,17-,20-/m1/s1. The zero-order valence-electron chi connectivity index (χ0n) is 20.2. The summed E-state index contributed by atoms with van der Waals surface area (Å²) in [5.74, 6) is 0.401. The molecule has 0 aliphatic heterocycles. The van der Waals surface area contributed by atoms with Gasteiger partial charge in [0.05, 0.1) is 18.0 Å². The van der Waals surface area contributed by atoms with E-state index in [1.807, 2.05) is 0 Å². The molecule has 5 rings (SSSR count). The maximum Gasteiger partial charge on any atom is 0.522 e. The molecular weight excluding hydrogens is 498 g/mol. The second-order valence-corrected chi connectivity index (χ2v) is 9.68. The Kier molecular flexibility index (Phi) is 6.68. The van der Waals surface area contributed by atoms with Gasteiger partial charge in [0.1, 0.15) is 17.9 Å². The number of rotatable bonds is 8. The third-order valence-electron chi connectivity index (χ3n) is 6.31. The van der Waals surface area contributed by atoms with E-state index in [4.69, 9.17) is 4.74 Å². The van der Waals surface area contributed by atoms with Crippen LogP contribution in [0.4, 0.5) is 34.1 Å². The molecular formula is C23H27F4N7O3. The zero-order chi connectivity index (χ0) is 26.3. The zero-order valence-corrected chi connectivity index (χ0v) is 20.2. The molecule has 0 saturated heterocycles. The predicted molar refractivity (Wildman–Crippen MR) is 123 cm³/mol. The Morgan fingerprint density at radius 3 is 2.70 bits per heavy atom. The molecule has 3 aromatic rings. The lowest BCUT2D eigenvalue weighted by molar-refractivity contribution is -0.330. The summed E-state index contributed by atoms with van der Waals surface area (Å²) in [5, 5.41) is 12.7. The first-order valence-corrected chi connectivity index (χ1v) is 12.1. The van der Waals surface area contributed by atoms with Crippen molar-refractivity contribution in [2.45, 2.75) is 82.7 Å². The van der Waals surface area contributed by atoms with Gasteiger partial charge in [-0.15, -0.1) is 13.2 Å². The number of anilines is 2. The minimum atomic E-state index is -4.77.